The van der Waals surface area contributed by atoms with Gasteiger partial charge < -0.3 is 9.80 Å². The van der Waals surface area contributed by atoms with Gasteiger partial charge in [-0.15, -0.1) is 0 Å². The first kappa shape index (κ1) is 11.0. The van der Waals surface area contributed by atoms with Crippen molar-refractivity contribution in [3.05, 3.63) is 0 Å². The van der Waals surface area contributed by atoms with E-state index in [0.29, 0.717) is 12.3 Å². The lowest BCUT2D eigenvalue weighted by Gasteiger charge is -2.24. The topological polar surface area (TPSA) is 40.6 Å². The smallest absolute Gasteiger partial charge is 0.241 e. The third-order valence-corrected chi connectivity index (χ3v) is 2.94. The second kappa shape index (κ2) is 3.98. The summed E-state index contributed by atoms with van der Waals surface area (Å²) < 4.78 is 0. The van der Waals surface area contributed by atoms with Crippen molar-refractivity contribution in [2.75, 3.05) is 20.6 Å². The first-order chi connectivity index (χ1) is 6.43. The van der Waals surface area contributed by atoms with E-state index < -0.39 is 0 Å². The maximum Gasteiger partial charge on any atom is 0.241 e. The van der Waals surface area contributed by atoms with Crippen LogP contribution in [0.3, 0.4) is 0 Å². The molecule has 2 unspecified atom stereocenters. The fourth-order valence-electron chi connectivity index (χ4n) is 1.62. The molecule has 1 fully saturated rings. The van der Waals surface area contributed by atoms with Crippen LogP contribution in [0.2, 0.25) is 0 Å². The Bertz CT molecular complexity index is 251. The number of likely N-dealkylation sites (N-methyl/N-ethyl adjacent to an activating group) is 1. The molecule has 1 aliphatic heterocycles. The average molecular weight is 198 g/mol. The number of hydrogen-bond acceptors (Lipinski definition) is 2. The van der Waals surface area contributed by atoms with Crippen molar-refractivity contribution in [2.24, 2.45) is 5.92 Å². The van der Waals surface area contributed by atoms with E-state index in [1.54, 1.807) is 19.0 Å². The van der Waals surface area contributed by atoms with Crippen LogP contribution < -0.4 is 0 Å². The third-order valence-electron chi connectivity index (χ3n) is 2.94. The number of likely N-dealkylation sites (tertiary alicyclic amines) is 1. The summed E-state index contributed by atoms with van der Waals surface area (Å²) >= 11 is 0. The molecule has 0 radical (unpaired) electrons. The summed E-state index contributed by atoms with van der Waals surface area (Å²) in [7, 11) is 3.41. The SMILES string of the molecule is CC1CC(=O)N(CC(=O)N(C)C)C1C. The monoisotopic (exact) mass is 198 g/mol. The van der Waals surface area contributed by atoms with Gasteiger partial charge in [0, 0.05) is 26.6 Å². The number of amides is 2. The van der Waals surface area contributed by atoms with Gasteiger partial charge in [0.25, 0.3) is 0 Å². The fraction of sp³-hybridized carbons (Fsp3) is 0.800. The highest BCUT2D eigenvalue weighted by atomic mass is 16.2. The largest absolute Gasteiger partial charge is 0.347 e. The van der Waals surface area contributed by atoms with E-state index >= 15 is 0 Å². The van der Waals surface area contributed by atoms with Crippen molar-refractivity contribution in [3.8, 4) is 0 Å². The molecule has 14 heavy (non-hydrogen) atoms. The summed E-state index contributed by atoms with van der Waals surface area (Å²) in [4.78, 5) is 26.1. The first-order valence-corrected chi connectivity index (χ1v) is 4.93. The molecule has 1 saturated heterocycles. The number of carbonyl (C=O) groups is 2. The molecule has 0 aromatic carbocycles. The first-order valence-electron chi connectivity index (χ1n) is 4.93. The Hall–Kier alpha value is -1.06. The second-order valence-corrected chi connectivity index (χ2v) is 4.23. The van der Waals surface area contributed by atoms with Gasteiger partial charge in [0.2, 0.25) is 11.8 Å². The van der Waals surface area contributed by atoms with Crippen molar-refractivity contribution in [1.82, 2.24) is 9.80 Å². The Morgan fingerprint density at radius 1 is 1.50 bits per heavy atom. The molecule has 1 heterocycles. The lowest BCUT2D eigenvalue weighted by molar-refractivity contribution is -0.137. The zero-order valence-corrected chi connectivity index (χ0v) is 9.28. The van der Waals surface area contributed by atoms with E-state index in [0.717, 1.165) is 0 Å². The van der Waals surface area contributed by atoms with Crippen LogP contribution in [0.4, 0.5) is 0 Å². The van der Waals surface area contributed by atoms with Crippen LogP contribution in [0.1, 0.15) is 20.3 Å². The third kappa shape index (κ3) is 2.05. The average Bonchev–Trinajstić information content (AvgIpc) is 2.32. The fourth-order valence-corrected chi connectivity index (χ4v) is 1.62. The van der Waals surface area contributed by atoms with Crippen LogP contribution in [-0.2, 0) is 9.59 Å². The van der Waals surface area contributed by atoms with E-state index in [-0.39, 0.29) is 24.4 Å². The number of rotatable bonds is 2. The summed E-state index contributed by atoms with van der Waals surface area (Å²) in [6.45, 7) is 4.26. The number of hydrogen-bond donors (Lipinski definition) is 0. The quantitative estimate of drug-likeness (QED) is 0.641. The lowest BCUT2D eigenvalue weighted by atomic mass is 10.1. The normalized spacial score (nSPS) is 26.9. The molecule has 0 aliphatic carbocycles. The minimum Gasteiger partial charge on any atom is -0.347 e. The predicted octanol–water partition coefficient (Wildman–Crippen LogP) is 0.332. The van der Waals surface area contributed by atoms with E-state index in [1.807, 2.05) is 13.8 Å². The molecule has 2 atom stereocenters. The zero-order chi connectivity index (χ0) is 10.9. The van der Waals surface area contributed by atoms with E-state index in [4.69, 9.17) is 0 Å². The molecule has 0 saturated carbocycles. The highest BCUT2D eigenvalue weighted by molar-refractivity contribution is 5.86. The molecule has 0 aromatic rings. The van der Waals surface area contributed by atoms with Crippen LogP contribution in [0, 0.1) is 5.92 Å². The number of carbonyl (C=O) groups excluding carboxylic acids is 2. The molecule has 0 bridgehead atoms. The van der Waals surface area contributed by atoms with E-state index in [9.17, 15) is 9.59 Å². The van der Waals surface area contributed by atoms with E-state index in [1.165, 1.54) is 4.90 Å². The van der Waals surface area contributed by atoms with Gasteiger partial charge in [-0.3, -0.25) is 9.59 Å². The highest BCUT2D eigenvalue weighted by Crippen LogP contribution is 2.24. The predicted molar refractivity (Wildman–Crippen MR) is 53.7 cm³/mol. The van der Waals surface area contributed by atoms with Gasteiger partial charge in [0.05, 0.1) is 6.54 Å². The molecule has 4 nitrogen and oxygen atoms in total. The van der Waals surface area contributed by atoms with Gasteiger partial charge in [-0.1, -0.05) is 6.92 Å². The van der Waals surface area contributed by atoms with Crippen molar-refractivity contribution in [2.45, 2.75) is 26.3 Å². The zero-order valence-electron chi connectivity index (χ0n) is 9.28. The van der Waals surface area contributed by atoms with Crippen LogP contribution in [-0.4, -0.2) is 48.3 Å². The van der Waals surface area contributed by atoms with Gasteiger partial charge in [0.15, 0.2) is 0 Å². The van der Waals surface area contributed by atoms with Crippen LogP contribution >= 0.6 is 0 Å². The molecule has 4 heteroatoms. The Morgan fingerprint density at radius 2 is 2.07 bits per heavy atom. The Kier molecular flexibility index (Phi) is 3.13. The van der Waals surface area contributed by atoms with Gasteiger partial charge in [-0.2, -0.15) is 0 Å². The molecule has 0 N–H and O–H groups in total. The molecular weight excluding hydrogens is 180 g/mol. The Labute approximate surface area is 84.9 Å². The molecule has 1 aliphatic rings. The molecule has 80 valence electrons. The minimum absolute atomic E-state index is 0.0145. The maximum atomic E-state index is 11.5. The minimum atomic E-state index is -0.0145. The summed E-state index contributed by atoms with van der Waals surface area (Å²) in [5.74, 6) is 0.442. The molecular formula is C10H18N2O2. The maximum absolute atomic E-state index is 11.5. The van der Waals surface area contributed by atoms with Crippen LogP contribution in [0.15, 0.2) is 0 Å². The highest BCUT2D eigenvalue weighted by Gasteiger charge is 2.34. The Morgan fingerprint density at radius 3 is 2.43 bits per heavy atom. The van der Waals surface area contributed by atoms with Crippen molar-refractivity contribution in [1.29, 1.82) is 0 Å². The van der Waals surface area contributed by atoms with E-state index in [2.05, 4.69) is 0 Å². The van der Waals surface area contributed by atoms with Crippen molar-refractivity contribution >= 4 is 11.8 Å². The molecule has 0 spiro atoms. The summed E-state index contributed by atoms with van der Waals surface area (Å²) in [6.07, 6.45) is 0.571. The van der Waals surface area contributed by atoms with Crippen molar-refractivity contribution in [3.63, 3.8) is 0 Å². The molecule has 2 amide bonds. The van der Waals surface area contributed by atoms with Gasteiger partial charge in [-0.25, -0.2) is 0 Å². The lowest BCUT2D eigenvalue weighted by Crippen LogP contribution is -2.41. The van der Waals surface area contributed by atoms with Gasteiger partial charge >= 0.3 is 0 Å². The molecule has 0 aromatic heterocycles. The summed E-state index contributed by atoms with van der Waals surface area (Å²) in [5.41, 5.74) is 0. The number of nitrogens with zero attached hydrogens (tertiary/aromatic N) is 2. The van der Waals surface area contributed by atoms with Gasteiger partial charge in [0.1, 0.15) is 0 Å². The summed E-state index contributed by atoms with van der Waals surface area (Å²) in [5, 5.41) is 0. The summed E-state index contributed by atoms with van der Waals surface area (Å²) in [6, 6.07) is 0.186. The second-order valence-electron chi connectivity index (χ2n) is 4.23. The molecule has 1 rings (SSSR count). The van der Waals surface area contributed by atoms with Gasteiger partial charge in [-0.05, 0) is 12.8 Å². The Balaban J connectivity index is 2.60. The van der Waals surface area contributed by atoms with Crippen LogP contribution in [0.5, 0.6) is 0 Å². The standard InChI is InChI=1S/C10H18N2O2/c1-7-5-9(13)12(8(7)2)6-10(14)11(3)4/h7-8H,5-6H2,1-4H3. The van der Waals surface area contributed by atoms with Crippen LogP contribution in [0.25, 0.3) is 0 Å². The van der Waals surface area contributed by atoms with Crippen molar-refractivity contribution < 1.29 is 9.59 Å².